The summed E-state index contributed by atoms with van der Waals surface area (Å²) in [5.41, 5.74) is 1.57. The molecule has 0 saturated carbocycles. The average Bonchev–Trinajstić information content (AvgIpc) is 3.39. The SMILES string of the molecule is Cc1nn(C)cc1N1C(=O)/C(=C\c2ccc(COc3ccc([N+](=O)[O-])cc3)o2)NC1=S. The van der Waals surface area contributed by atoms with Gasteiger partial charge in [-0.1, -0.05) is 0 Å². The molecule has 0 spiro atoms. The summed E-state index contributed by atoms with van der Waals surface area (Å²) in [6.45, 7) is 1.93. The van der Waals surface area contributed by atoms with Crippen LogP contribution in [-0.2, 0) is 18.4 Å². The standard InChI is InChI=1S/C20H17N5O5S/c1-12-18(10-23(2)22-12)24-19(26)17(21-20(24)31)9-15-7-8-16(30-15)11-29-14-5-3-13(4-6-14)25(27)28/h3-10H,11H2,1-2H3,(H,21,31)/b17-9+. The molecule has 11 heteroatoms. The lowest BCUT2D eigenvalue weighted by Crippen LogP contribution is -2.30. The number of anilines is 1. The van der Waals surface area contributed by atoms with E-state index in [9.17, 15) is 14.9 Å². The lowest BCUT2D eigenvalue weighted by atomic mass is 10.3. The number of nitro benzene ring substituents is 1. The van der Waals surface area contributed by atoms with Gasteiger partial charge in [0.15, 0.2) is 5.11 Å². The van der Waals surface area contributed by atoms with Gasteiger partial charge in [-0.3, -0.25) is 19.6 Å². The Bertz CT molecular complexity index is 1210. The molecule has 1 saturated heterocycles. The summed E-state index contributed by atoms with van der Waals surface area (Å²) in [4.78, 5) is 24.4. The molecule has 3 aromatic rings. The van der Waals surface area contributed by atoms with E-state index in [0.717, 1.165) is 0 Å². The lowest BCUT2D eigenvalue weighted by Gasteiger charge is -2.11. The molecule has 1 aliphatic rings. The molecule has 0 bridgehead atoms. The Hall–Kier alpha value is -3.99. The van der Waals surface area contributed by atoms with E-state index in [0.29, 0.717) is 28.7 Å². The number of ether oxygens (including phenoxy) is 1. The zero-order valence-corrected chi connectivity index (χ0v) is 17.4. The van der Waals surface area contributed by atoms with Gasteiger partial charge in [-0.05, 0) is 43.4 Å². The Morgan fingerprint density at radius 3 is 2.68 bits per heavy atom. The Labute approximate surface area is 181 Å². The summed E-state index contributed by atoms with van der Waals surface area (Å²) in [5.74, 6) is 1.15. The predicted molar refractivity (Wildman–Crippen MR) is 115 cm³/mol. The van der Waals surface area contributed by atoms with E-state index < -0.39 is 4.92 Å². The molecule has 158 valence electrons. The molecule has 3 heterocycles. The summed E-state index contributed by atoms with van der Waals surface area (Å²) in [5, 5.41) is 18.1. The van der Waals surface area contributed by atoms with Crippen molar-refractivity contribution >= 4 is 40.7 Å². The van der Waals surface area contributed by atoms with Gasteiger partial charge in [0.1, 0.15) is 29.6 Å². The third-order valence-electron chi connectivity index (χ3n) is 4.50. The second-order valence-corrected chi connectivity index (χ2v) is 7.13. The van der Waals surface area contributed by atoms with E-state index in [2.05, 4.69) is 10.4 Å². The fraction of sp³-hybridized carbons (Fsp3) is 0.150. The molecule has 10 nitrogen and oxygen atoms in total. The number of rotatable bonds is 6. The van der Waals surface area contributed by atoms with Crippen LogP contribution in [0.4, 0.5) is 11.4 Å². The highest BCUT2D eigenvalue weighted by Gasteiger charge is 2.34. The largest absolute Gasteiger partial charge is 0.486 e. The van der Waals surface area contributed by atoms with Gasteiger partial charge in [-0.25, -0.2) is 4.90 Å². The molecule has 1 amide bonds. The van der Waals surface area contributed by atoms with Crippen molar-refractivity contribution in [2.24, 2.45) is 7.05 Å². The summed E-state index contributed by atoms with van der Waals surface area (Å²) < 4.78 is 12.9. The maximum absolute atomic E-state index is 12.8. The van der Waals surface area contributed by atoms with Crippen LogP contribution in [0.15, 0.2) is 52.7 Å². The first-order valence-corrected chi connectivity index (χ1v) is 9.56. The molecule has 1 aromatic carbocycles. The van der Waals surface area contributed by atoms with Gasteiger partial charge in [0.2, 0.25) is 0 Å². The number of aromatic nitrogens is 2. The topological polar surface area (TPSA) is 116 Å². The molecular formula is C20H17N5O5S. The fourth-order valence-electron chi connectivity index (χ4n) is 3.07. The minimum absolute atomic E-state index is 0.0126. The van der Waals surface area contributed by atoms with Crippen LogP contribution in [-0.4, -0.2) is 25.7 Å². The summed E-state index contributed by atoms with van der Waals surface area (Å²) in [7, 11) is 1.77. The highest BCUT2D eigenvalue weighted by Crippen LogP contribution is 2.25. The highest BCUT2D eigenvalue weighted by atomic mass is 32.1. The molecular weight excluding hydrogens is 422 g/mol. The third-order valence-corrected chi connectivity index (χ3v) is 4.79. The number of hydrogen-bond donors (Lipinski definition) is 1. The summed E-state index contributed by atoms with van der Waals surface area (Å²) >= 11 is 5.31. The predicted octanol–water partition coefficient (Wildman–Crippen LogP) is 3.07. The first-order chi connectivity index (χ1) is 14.8. The number of non-ortho nitro benzene ring substituents is 1. The normalized spacial score (nSPS) is 14.9. The van der Waals surface area contributed by atoms with E-state index in [-0.39, 0.29) is 29.0 Å². The Balaban J connectivity index is 1.44. The number of nitrogens with one attached hydrogen (secondary N) is 1. The van der Waals surface area contributed by atoms with Crippen molar-refractivity contribution in [3.05, 3.63) is 75.6 Å². The van der Waals surface area contributed by atoms with Gasteiger partial charge in [0.25, 0.3) is 11.6 Å². The zero-order valence-electron chi connectivity index (χ0n) is 16.6. The van der Waals surface area contributed by atoms with Crippen molar-refractivity contribution in [3.8, 4) is 5.75 Å². The Morgan fingerprint density at radius 2 is 2.03 bits per heavy atom. The molecule has 0 atom stereocenters. The van der Waals surface area contributed by atoms with Crippen LogP contribution in [0.5, 0.6) is 5.75 Å². The number of carbonyl (C=O) groups is 1. The second kappa shape index (κ2) is 8.03. The number of furan rings is 1. The number of hydrogen-bond acceptors (Lipinski definition) is 7. The number of thiocarbonyl (C=S) groups is 1. The van der Waals surface area contributed by atoms with Crippen molar-refractivity contribution in [1.82, 2.24) is 15.1 Å². The van der Waals surface area contributed by atoms with Crippen molar-refractivity contribution < 1.29 is 18.9 Å². The van der Waals surface area contributed by atoms with Gasteiger partial charge >= 0.3 is 0 Å². The van der Waals surface area contributed by atoms with Crippen LogP contribution in [0.3, 0.4) is 0 Å². The smallest absolute Gasteiger partial charge is 0.281 e. The van der Waals surface area contributed by atoms with Gasteiger partial charge < -0.3 is 14.5 Å². The number of amides is 1. The van der Waals surface area contributed by atoms with Crippen LogP contribution in [0, 0.1) is 17.0 Å². The first-order valence-electron chi connectivity index (χ1n) is 9.15. The number of benzene rings is 1. The summed E-state index contributed by atoms with van der Waals surface area (Å²) in [6.07, 6.45) is 3.29. The second-order valence-electron chi connectivity index (χ2n) is 6.75. The number of nitrogens with zero attached hydrogens (tertiary/aromatic N) is 4. The molecule has 0 unspecified atom stereocenters. The van der Waals surface area contributed by atoms with E-state index in [1.54, 1.807) is 43.1 Å². The Kier molecular flexibility index (Phi) is 5.26. The van der Waals surface area contributed by atoms with E-state index in [1.807, 2.05) is 0 Å². The highest BCUT2D eigenvalue weighted by molar-refractivity contribution is 7.80. The average molecular weight is 439 g/mol. The Morgan fingerprint density at radius 1 is 1.29 bits per heavy atom. The maximum atomic E-state index is 12.8. The van der Waals surface area contributed by atoms with E-state index in [1.165, 1.54) is 29.2 Å². The first kappa shape index (κ1) is 20.3. The molecule has 4 rings (SSSR count). The summed E-state index contributed by atoms with van der Waals surface area (Å²) in [6, 6.07) is 9.19. The number of aryl methyl sites for hydroxylation is 2. The quantitative estimate of drug-likeness (QED) is 0.270. The minimum atomic E-state index is -0.475. The molecule has 31 heavy (non-hydrogen) atoms. The van der Waals surface area contributed by atoms with E-state index >= 15 is 0 Å². The molecule has 0 radical (unpaired) electrons. The number of nitro groups is 1. The van der Waals surface area contributed by atoms with Crippen molar-refractivity contribution in [3.63, 3.8) is 0 Å². The molecule has 0 aliphatic carbocycles. The minimum Gasteiger partial charge on any atom is -0.486 e. The monoisotopic (exact) mass is 439 g/mol. The van der Waals surface area contributed by atoms with Crippen LogP contribution >= 0.6 is 12.2 Å². The van der Waals surface area contributed by atoms with E-state index in [4.69, 9.17) is 21.4 Å². The van der Waals surface area contributed by atoms with Crippen LogP contribution in [0.1, 0.15) is 17.2 Å². The van der Waals surface area contributed by atoms with Crippen LogP contribution in [0.25, 0.3) is 6.08 Å². The molecule has 1 aliphatic heterocycles. The van der Waals surface area contributed by atoms with Crippen molar-refractivity contribution in [2.45, 2.75) is 13.5 Å². The molecule has 1 N–H and O–H groups in total. The van der Waals surface area contributed by atoms with Gasteiger partial charge in [-0.2, -0.15) is 5.10 Å². The van der Waals surface area contributed by atoms with Crippen molar-refractivity contribution in [2.75, 3.05) is 4.90 Å². The molecule has 1 fully saturated rings. The van der Waals surface area contributed by atoms with Gasteiger partial charge in [-0.15, -0.1) is 0 Å². The van der Waals surface area contributed by atoms with Crippen LogP contribution in [0.2, 0.25) is 0 Å². The molecule has 2 aromatic heterocycles. The maximum Gasteiger partial charge on any atom is 0.281 e. The van der Waals surface area contributed by atoms with Crippen molar-refractivity contribution in [1.29, 1.82) is 0 Å². The van der Waals surface area contributed by atoms with Gasteiger partial charge in [0, 0.05) is 31.5 Å². The number of carbonyl (C=O) groups excluding carboxylic acids is 1. The van der Waals surface area contributed by atoms with Crippen LogP contribution < -0.4 is 15.0 Å². The third kappa shape index (κ3) is 4.16. The lowest BCUT2D eigenvalue weighted by molar-refractivity contribution is -0.384. The fourth-order valence-corrected chi connectivity index (χ4v) is 3.36. The van der Waals surface area contributed by atoms with Gasteiger partial charge in [0.05, 0.1) is 16.3 Å². The zero-order chi connectivity index (χ0) is 22.1.